The van der Waals surface area contributed by atoms with Crippen LogP contribution in [0.1, 0.15) is 25.3 Å². The summed E-state index contributed by atoms with van der Waals surface area (Å²) in [6.07, 6.45) is -1.99. The van der Waals surface area contributed by atoms with Gasteiger partial charge in [0.1, 0.15) is 6.54 Å². The monoisotopic (exact) mass is 350 g/mol. The van der Waals surface area contributed by atoms with E-state index in [2.05, 4.69) is 15.9 Å². The summed E-state index contributed by atoms with van der Waals surface area (Å²) in [6, 6.07) is 5.38. The van der Waals surface area contributed by atoms with E-state index in [1.807, 2.05) is 19.1 Å². The normalized spacial score (nSPS) is 17.1. The van der Waals surface area contributed by atoms with E-state index >= 15 is 0 Å². The van der Waals surface area contributed by atoms with Crippen LogP contribution in [-0.4, -0.2) is 24.8 Å². The standard InChI is InChI=1S/C14H18BrF3N2/c1-9(19)6-10-2-3-11(15)7-13(10)20(12-4-5-12)8-14(16,17)18/h2-3,7,9,12H,4-6,8,19H2,1H3. The highest BCUT2D eigenvalue weighted by Crippen LogP contribution is 2.37. The first-order valence-electron chi connectivity index (χ1n) is 6.63. The smallest absolute Gasteiger partial charge is 0.359 e. The van der Waals surface area contributed by atoms with Gasteiger partial charge in [-0.1, -0.05) is 22.0 Å². The highest BCUT2D eigenvalue weighted by atomic mass is 79.9. The number of alkyl halides is 3. The van der Waals surface area contributed by atoms with Gasteiger partial charge >= 0.3 is 6.18 Å². The predicted molar refractivity (Wildman–Crippen MR) is 77.9 cm³/mol. The van der Waals surface area contributed by atoms with E-state index < -0.39 is 12.7 Å². The van der Waals surface area contributed by atoms with Crippen LogP contribution in [-0.2, 0) is 6.42 Å². The minimum Gasteiger partial charge on any atom is -0.359 e. The summed E-state index contributed by atoms with van der Waals surface area (Å²) >= 11 is 3.34. The molecule has 1 aliphatic rings. The summed E-state index contributed by atoms with van der Waals surface area (Å²) in [5.74, 6) is 0. The molecule has 0 aromatic heterocycles. The van der Waals surface area contributed by atoms with Crippen molar-refractivity contribution in [2.24, 2.45) is 5.73 Å². The third-order valence-electron chi connectivity index (χ3n) is 3.24. The Morgan fingerprint density at radius 3 is 2.55 bits per heavy atom. The van der Waals surface area contributed by atoms with Crippen molar-refractivity contribution in [2.45, 2.75) is 44.4 Å². The third kappa shape index (κ3) is 4.38. The predicted octanol–water partition coefficient (Wildman–Crippen LogP) is 3.87. The lowest BCUT2D eigenvalue weighted by Gasteiger charge is -2.28. The fourth-order valence-electron chi connectivity index (χ4n) is 2.31. The van der Waals surface area contributed by atoms with Gasteiger partial charge in [-0.05, 0) is 43.9 Å². The van der Waals surface area contributed by atoms with E-state index in [1.165, 1.54) is 4.90 Å². The number of anilines is 1. The molecule has 1 fully saturated rings. The molecule has 20 heavy (non-hydrogen) atoms. The van der Waals surface area contributed by atoms with E-state index in [-0.39, 0.29) is 12.1 Å². The molecule has 1 aliphatic carbocycles. The SMILES string of the molecule is CC(N)Cc1ccc(Br)cc1N(CC(F)(F)F)C1CC1. The molecule has 0 radical (unpaired) electrons. The summed E-state index contributed by atoms with van der Waals surface area (Å²) in [6.45, 7) is 0.955. The van der Waals surface area contributed by atoms with Gasteiger partial charge in [-0.25, -0.2) is 0 Å². The maximum Gasteiger partial charge on any atom is 0.405 e. The van der Waals surface area contributed by atoms with Gasteiger partial charge in [0, 0.05) is 22.2 Å². The molecule has 0 bridgehead atoms. The molecule has 6 heteroatoms. The maximum atomic E-state index is 12.8. The van der Waals surface area contributed by atoms with Crippen LogP contribution < -0.4 is 10.6 Å². The Kier molecular flexibility index (Phi) is 4.64. The van der Waals surface area contributed by atoms with Crippen molar-refractivity contribution in [1.29, 1.82) is 0 Å². The van der Waals surface area contributed by atoms with E-state index in [0.717, 1.165) is 22.9 Å². The molecule has 1 atom stereocenters. The molecule has 1 aromatic carbocycles. The Bertz CT molecular complexity index is 470. The number of hydrogen-bond donors (Lipinski definition) is 1. The average Bonchev–Trinajstić information content (AvgIpc) is 3.10. The molecule has 1 unspecified atom stereocenters. The summed E-state index contributed by atoms with van der Waals surface area (Å²) in [4.78, 5) is 1.47. The second kappa shape index (κ2) is 5.93. The zero-order valence-corrected chi connectivity index (χ0v) is 12.8. The lowest BCUT2D eigenvalue weighted by molar-refractivity contribution is -0.120. The van der Waals surface area contributed by atoms with Crippen molar-refractivity contribution >= 4 is 21.6 Å². The molecular formula is C14H18BrF3N2. The molecule has 0 heterocycles. The second-order valence-electron chi connectivity index (χ2n) is 5.43. The average molecular weight is 351 g/mol. The van der Waals surface area contributed by atoms with Gasteiger partial charge in [0.15, 0.2) is 0 Å². The van der Waals surface area contributed by atoms with Crippen molar-refractivity contribution in [3.8, 4) is 0 Å². The Hall–Kier alpha value is -0.750. The largest absolute Gasteiger partial charge is 0.405 e. The highest BCUT2D eigenvalue weighted by Gasteiger charge is 2.38. The van der Waals surface area contributed by atoms with Gasteiger partial charge in [-0.2, -0.15) is 13.2 Å². The molecule has 1 saturated carbocycles. The first kappa shape index (κ1) is 15.6. The molecule has 1 aromatic rings. The van der Waals surface area contributed by atoms with Gasteiger partial charge in [-0.3, -0.25) is 0 Å². The third-order valence-corrected chi connectivity index (χ3v) is 3.73. The lowest BCUT2D eigenvalue weighted by Crippen LogP contribution is -2.37. The van der Waals surface area contributed by atoms with Crippen LogP contribution in [0, 0.1) is 0 Å². The van der Waals surface area contributed by atoms with E-state index in [0.29, 0.717) is 12.1 Å². The molecule has 0 aliphatic heterocycles. The molecule has 2 N–H and O–H groups in total. The van der Waals surface area contributed by atoms with Crippen molar-refractivity contribution in [1.82, 2.24) is 0 Å². The molecule has 2 nitrogen and oxygen atoms in total. The number of nitrogens with two attached hydrogens (primary N) is 1. The molecule has 112 valence electrons. The van der Waals surface area contributed by atoms with Crippen LogP contribution in [0.5, 0.6) is 0 Å². The maximum absolute atomic E-state index is 12.8. The van der Waals surface area contributed by atoms with Crippen molar-refractivity contribution in [2.75, 3.05) is 11.4 Å². The van der Waals surface area contributed by atoms with Crippen LogP contribution in [0.3, 0.4) is 0 Å². The van der Waals surface area contributed by atoms with E-state index in [9.17, 15) is 13.2 Å². The molecule has 2 rings (SSSR count). The number of rotatable bonds is 5. The fourth-order valence-corrected chi connectivity index (χ4v) is 2.66. The minimum absolute atomic E-state index is 0.00208. The first-order chi connectivity index (χ1) is 9.26. The number of hydrogen-bond acceptors (Lipinski definition) is 2. The number of nitrogens with zero attached hydrogens (tertiary/aromatic N) is 1. The van der Waals surface area contributed by atoms with Crippen LogP contribution >= 0.6 is 15.9 Å². The van der Waals surface area contributed by atoms with Crippen molar-refractivity contribution in [3.05, 3.63) is 28.2 Å². The van der Waals surface area contributed by atoms with Crippen molar-refractivity contribution in [3.63, 3.8) is 0 Å². The van der Waals surface area contributed by atoms with E-state index in [1.54, 1.807) is 6.07 Å². The van der Waals surface area contributed by atoms with E-state index in [4.69, 9.17) is 5.73 Å². The number of halogens is 4. The molecule has 0 amide bonds. The van der Waals surface area contributed by atoms with Gasteiger partial charge in [-0.15, -0.1) is 0 Å². The zero-order valence-electron chi connectivity index (χ0n) is 11.3. The van der Waals surface area contributed by atoms with Crippen LogP contribution in [0.25, 0.3) is 0 Å². The quantitative estimate of drug-likeness (QED) is 0.873. The summed E-state index contributed by atoms with van der Waals surface area (Å²) in [5, 5.41) is 0. The Morgan fingerprint density at radius 1 is 1.40 bits per heavy atom. The number of benzene rings is 1. The fraction of sp³-hybridized carbons (Fsp3) is 0.571. The van der Waals surface area contributed by atoms with Gasteiger partial charge < -0.3 is 10.6 Å². The lowest BCUT2D eigenvalue weighted by atomic mass is 10.0. The van der Waals surface area contributed by atoms with Crippen molar-refractivity contribution < 1.29 is 13.2 Å². The summed E-state index contributed by atoms with van der Waals surface area (Å²) in [5.41, 5.74) is 7.32. The second-order valence-corrected chi connectivity index (χ2v) is 6.34. The zero-order chi connectivity index (χ0) is 14.9. The topological polar surface area (TPSA) is 29.3 Å². The summed E-state index contributed by atoms with van der Waals surface area (Å²) < 4.78 is 39.2. The van der Waals surface area contributed by atoms with Gasteiger partial charge in [0.2, 0.25) is 0 Å². The van der Waals surface area contributed by atoms with Crippen LogP contribution in [0.15, 0.2) is 22.7 Å². The van der Waals surface area contributed by atoms with Gasteiger partial charge in [0.25, 0.3) is 0 Å². The first-order valence-corrected chi connectivity index (χ1v) is 7.43. The Labute approximate surface area is 125 Å². The molecular weight excluding hydrogens is 333 g/mol. The molecule has 0 spiro atoms. The van der Waals surface area contributed by atoms with Crippen LogP contribution in [0.4, 0.5) is 18.9 Å². The minimum atomic E-state index is -4.20. The Morgan fingerprint density at radius 2 is 2.05 bits per heavy atom. The van der Waals surface area contributed by atoms with Gasteiger partial charge in [0.05, 0.1) is 0 Å². The highest BCUT2D eigenvalue weighted by molar-refractivity contribution is 9.10. The molecule has 0 saturated heterocycles. The Balaban J connectivity index is 2.33. The van der Waals surface area contributed by atoms with Crippen LogP contribution in [0.2, 0.25) is 0 Å². The summed E-state index contributed by atoms with van der Waals surface area (Å²) in [7, 11) is 0.